The van der Waals surface area contributed by atoms with Crippen LogP contribution < -0.4 is 0 Å². The van der Waals surface area contributed by atoms with E-state index in [2.05, 4.69) is 116 Å². The van der Waals surface area contributed by atoms with Crippen LogP contribution in [0.4, 0.5) is 0 Å². The average molecular weight is 363 g/mol. The minimum Gasteiger partial charge on any atom is -0.0871 e. The minimum atomic E-state index is 1.25. The molecule has 4 aromatic rings. The van der Waals surface area contributed by atoms with Crippen molar-refractivity contribution in [3.63, 3.8) is 0 Å². The molecule has 138 valence electrons. The lowest BCUT2D eigenvalue weighted by atomic mass is 10.0. The molecule has 0 saturated heterocycles. The van der Waals surface area contributed by atoms with Gasteiger partial charge in [-0.15, -0.1) is 0 Å². The molecule has 28 heavy (non-hydrogen) atoms. The molecule has 4 aromatic carbocycles. The van der Waals surface area contributed by atoms with Crippen molar-refractivity contribution >= 4 is 6.08 Å². The Labute approximate surface area is 168 Å². The Hall–Kier alpha value is -3.38. The van der Waals surface area contributed by atoms with Crippen LogP contribution in [0.5, 0.6) is 0 Å². The molecule has 0 nitrogen and oxygen atoms in total. The molecule has 0 saturated carbocycles. The summed E-state index contributed by atoms with van der Waals surface area (Å²) in [6, 6.07) is 38.1. The van der Waals surface area contributed by atoms with Crippen LogP contribution in [0.25, 0.3) is 28.3 Å². The molecule has 0 spiro atoms. The third-order valence-electron chi connectivity index (χ3n) is 4.54. The van der Waals surface area contributed by atoms with Gasteiger partial charge in [0.25, 0.3) is 0 Å². The Morgan fingerprint density at radius 1 is 0.464 bits per heavy atom. The molecule has 0 aliphatic carbocycles. The van der Waals surface area contributed by atoms with Crippen molar-refractivity contribution < 1.29 is 0 Å². The number of allylic oxidation sites excluding steroid dienone is 1. The van der Waals surface area contributed by atoms with Crippen molar-refractivity contribution in [3.8, 4) is 22.3 Å². The molecule has 0 N–H and O–H groups in total. The van der Waals surface area contributed by atoms with Gasteiger partial charge < -0.3 is 0 Å². The van der Waals surface area contributed by atoms with Gasteiger partial charge >= 0.3 is 0 Å². The second kappa shape index (κ2) is 10.1. The number of benzene rings is 4. The van der Waals surface area contributed by atoms with Crippen molar-refractivity contribution in [1.82, 2.24) is 0 Å². The Kier molecular flexibility index (Phi) is 6.98. The fourth-order valence-corrected chi connectivity index (χ4v) is 2.99. The number of hydrogen-bond acceptors (Lipinski definition) is 0. The third kappa shape index (κ3) is 5.56. The molecule has 0 amide bonds. The lowest BCUT2D eigenvalue weighted by Crippen LogP contribution is -1.77. The highest BCUT2D eigenvalue weighted by Gasteiger charge is 1.95. The van der Waals surface area contributed by atoms with Gasteiger partial charge in [0.15, 0.2) is 0 Å². The molecule has 0 atom stereocenters. The topological polar surface area (TPSA) is 0 Å². The molecule has 0 bridgehead atoms. The van der Waals surface area contributed by atoms with Gasteiger partial charge in [-0.25, -0.2) is 0 Å². The molecule has 0 fully saturated rings. The first-order valence-corrected chi connectivity index (χ1v) is 9.66. The van der Waals surface area contributed by atoms with E-state index in [-0.39, 0.29) is 0 Å². The Balaban J connectivity index is 0.000000162. The van der Waals surface area contributed by atoms with Crippen LogP contribution in [0.1, 0.15) is 18.1 Å². The summed E-state index contributed by atoms with van der Waals surface area (Å²) in [5, 5.41) is 0. The number of hydrogen-bond donors (Lipinski definition) is 0. The smallest absolute Gasteiger partial charge is 0.0184 e. The van der Waals surface area contributed by atoms with Crippen LogP contribution >= 0.6 is 0 Å². The first-order chi connectivity index (χ1) is 13.8. The van der Waals surface area contributed by atoms with Gasteiger partial charge in [0.2, 0.25) is 0 Å². The predicted octanol–water partition coefficient (Wildman–Crippen LogP) is 8.05. The minimum absolute atomic E-state index is 1.25. The molecule has 0 heterocycles. The summed E-state index contributed by atoms with van der Waals surface area (Å²) in [6.45, 7) is 4.14. The fraction of sp³-hybridized carbons (Fsp3) is 0.0714. The van der Waals surface area contributed by atoms with Crippen molar-refractivity contribution in [3.05, 3.63) is 126 Å². The van der Waals surface area contributed by atoms with E-state index >= 15 is 0 Å². The van der Waals surface area contributed by atoms with Crippen molar-refractivity contribution in [2.75, 3.05) is 0 Å². The fourth-order valence-electron chi connectivity index (χ4n) is 2.99. The van der Waals surface area contributed by atoms with E-state index in [1.165, 1.54) is 33.4 Å². The van der Waals surface area contributed by atoms with E-state index < -0.39 is 0 Å². The van der Waals surface area contributed by atoms with Gasteiger partial charge in [0.05, 0.1) is 0 Å². The summed E-state index contributed by atoms with van der Waals surface area (Å²) < 4.78 is 0. The number of aryl methyl sites for hydroxylation is 1. The SMILES string of the molecule is C/C=C/c1ccc(-c2ccccc2)cc1.Cc1ccc(-c2ccccc2)cc1. The number of rotatable bonds is 3. The van der Waals surface area contributed by atoms with Gasteiger partial charge in [-0.05, 0) is 41.7 Å². The van der Waals surface area contributed by atoms with Crippen LogP contribution in [0.2, 0.25) is 0 Å². The van der Waals surface area contributed by atoms with Crippen LogP contribution in [0.15, 0.2) is 115 Å². The van der Waals surface area contributed by atoms with Gasteiger partial charge in [-0.3, -0.25) is 0 Å². The van der Waals surface area contributed by atoms with Crippen molar-refractivity contribution in [2.24, 2.45) is 0 Å². The molecular weight excluding hydrogens is 336 g/mol. The Morgan fingerprint density at radius 3 is 1.29 bits per heavy atom. The monoisotopic (exact) mass is 362 g/mol. The molecule has 0 radical (unpaired) electrons. The maximum absolute atomic E-state index is 2.16. The van der Waals surface area contributed by atoms with Gasteiger partial charge in [-0.2, -0.15) is 0 Å². The molecule has 0 aliphatic rings. The standard InChI is InChI=1S/C15H14.C13H12/c1-2-6-13-9-11-15(12-10-13)14-7-4-3-5-8-14;1-11-7-9-13(10-8-11)12-5-3-2-4-6-12/h2-12H,1H3;2-10H,1H3/b6-2+;. The summed E-state index contributed by atoms with van der Waals surface area (Å²) in [7, 11) is 0. The molecule has 4 rings (SSSR count). The summed E-state index contributed by atoms with van der Waals surface area (Å²) in [4.78, 5) is 0. The Morgan fingerprint density at radius 2 is 0.857 bits per heavy atom. The van der Waals surface area contributed by atoms with Gasteiger partial charge in [0, 0.05) is 0 Å². The van der Waals surface area contributed by atoms with Crippen LogP contribution in [0.3, 0.4) is 0 Å². The molecule has 0 aromatic heterocycles. The molecular formula is C28H26. The van der Waals surface area contributed by atoms with Crippen LogP contribution in [-0.4, -0.2) is 0 Å². The second-order valence-corrected chi connectivity index (χ2v) is 6.72. The summed E-state index contributed by atoms with van der Waals surface area (Å²) >= 11 is 0. The lowest BCUT2D eigenvalue weighted by molar-refractivity contribution is 1.47. The highest BCUT2D eigenvalue weighted by molar-refractivity contribution is 5.65. The summed E-state index contributed by atoms with van der Waals surface area (Å²) in [5.41, 5.74) is 7.65. The molecule has 0 heteroatoms. The predicted molar refractivity (Wildman–Crippen MR) is 123 cm³/mol. The quantitative estimate of drug-likeness (QED) is 0.346. The van der Waals surface area contributed by atoms with Crippen LogP contribution in [-0.2, 0) is 0 Å². The first-order valence-electron chi connectivity index (χ1n) is 9.66. The van der Waals surface area contributed by atoms with Gasteiger partial charge in [-0.1, -0.05) is 127 Å². The Bertz CT molecular complexity index is 977. The van der Waals surface area contributed by atoms with Gasteiger partial charge in [0.1, 0.15) is 0 Å². The zero-order valence-electron chi connectivity index (χ0n) is 16.5. The van der Waals surface area contributed by atoms with E-state index in [9.17, 15) is 0 Å². The summed E-state index contributed by atoms with van der Waals surface area (Å²) in [6.07, 6.45) is 4.16. The zero-order chi connectivity index (χ0) is 19.6. The maximum atomic E-state index is 2.16. The summed E-state index contributed by atoms with van der Waals surface area (Å²) in [5.74, 6) is 0. The van der Waals surface area contributed by atoms with E-state index in [1.54, 1.807) is 0 Å². The van der Waals surface area contributed by atoms with E-state index in [1.807, 2.05) is 19.1 Å². The van der Waals surface area contributed by atoms with Crippen LogP contribution in [0, 0.1) is 6.92 Å². The van der Waals surface area contributed by atoms with Crippen molar-refractivity contribution in [1.29, 1.82) is 0 Å². The molecule has 0 unspecified atom stereocenters. The van der Waals surface area contributed by atoms with Crippen molar-refractivity contribution in [2.45, 2.75) is 13.8 Å². The zero-order valence-corrected chi connectivity index (χ0v) is 16.5. The largest absolute Gasteiger partial charge is 0.0871 e. The van der Waals surface area contributed by atoms with E-state index in [4.69, 9.17) is 0 Å². The van der Waals surface area contributed by atoms with E-state index in [0.717, 1.165) is 0 Å². The second-order valence-electron chi connectivity index (χ2n) is 6.72. The highest BCUT2D eigenvalue weighted by atomic mass is 14.0. The molecule has 0 aliphatic heterocycles. The third-order valence-corrected chi connectivity index (χ3v) is 4.54. The highest BCUT2D eigenvalue weighted by Crippen LogP contribution is 2.20. The first kappa shape index (κ1) is 19.4. The average Bonchev–Trinajstić information content (AvgIpc) is 2.77. The normalized spacial score (nSPS) is 10.4. The lowest BCUT2D eigenvalue weighted by Gasteiger charge is -2.01. The van der Waals surface area contributed by atoms with E-state index in [0.29, 0.717) is 0 Å². The maximum Gasteiger partial charge on any atom is -0.0184 e.